The molecule has 0 atom stereocenters. The van der Waals surface area contributed by atoms with Crippen LogP contribution >= 0.6 is 0 Å². The molecule has 1 aromatic carbocycles. The van der Waals surface area contributed by atoms with Gasteiger partial charge in [0, 0.05) is 0 Å². The van der Waals surface area contributed by atoms with Crippen molar-refractivity contribution in [1.82, 2.24) is 0 Å². The zero-order valence-electron chi connectivity index (χ0n) is 6.32. The van der Waals surface area contributed by atoms with Crippen molar-refractivity contribution in [2.24, 2.45) is 0 Å². The second-order valence-corrected chi connectivity index (χ2v) is 2.66. The van der Waals surface area contributed by atoms with E-state index in [1.54, 1.807) is 18.2 Å². The zero-order valence-corrected chi connectivity index (χ0v) is 6.32. The molecule has 0 saturated carbocycles. The van der Waals surface area contributed by atoms with E-state index in [1.165, 1.54) is 0 Å². The molecule has 1 aliphatic rings. The van der Waals surface area contributed by atoms with Gasteiger partial charge in [0.05, 0.1) is 13.2 Å². The first kappa shape index (κ1) is 7.35. The van der Waals surface area contributed by atoms with Gasteiger partial charge in [-0.2, -0.15) is 0 Å². The second-order valence-electron chi connectivity index (χ2n) is 2.66. The molecule has 1 heterocycles. The minimum Gasteiger partial charge on any atom is -0.423 e. The molecule has 0 bridgehead atoms. The topological polar surface area (TPSA) is 33.8 Å². The summed E-state index contributed by atoms with van der Waals surface area (Å²) in [6.07, 6.45) is 0. The van der Waals surface area contributed by atoms with E-state index in [2.05, 4.69) is 4.85 Å². The molecule has 0 aliphatic carbocycles. The van der Waals surface area contributed by atoms with Crippen molar-refractivity contribution in [3.8, 4) is 0 Å². The van der Waals surface area contributed by atoms with Crippen LogP contribution in [0, 0.1) is 6.57 Å². The predicted molar refractivity (Wildman–Crippen MR) is 45.1 cm³/mol. The summed E-state index contributed by atoms with van der Waals surface area (Å²) in [5, 5.41) is 9.25. The van der Waals surface area contributed by atoms with Crippen LogP contribution in [0.3, 0.4) is 0 Å². The Kier molecular flexibility index (Phi) is 1.61. The van der Waals surface area contributed by atoms with E-state index < -0.39 is 7.12 Å². The number of nitrogens with zero attached hydrogens (tertiary/aromatic N) is 1. The maximum Gasteiger partial charge on any atom is 0.491 e. The second kappa shape index (κ2) is 2.63. The number of benzene rings is 1. The molecule has 2 rings (SSSR count). The first-order valence-electron chi connectivity index (χ1n) is 3.61. The molecule has 1 N–H and O–H groups in total. The van der Waals surface area contributed by atoms with Gasteiger partial charge in [-0.25, -0.2) is 4.85 Å². The molecule has 0 aromatic heterocycles. The van der Waals surface area contributed by atoms with E-state index in [4.69, 9.17) is 11.2 Å². The van der Waals surface area contributed by atoms with Crippen molar-refractivity contribution in [2.45, 2.75) is 6.61 Å². The molecule has 0 radical (unpaired) electrons. The van der Waals surface area contributed by atoms with Gasteiger partial charge in [0.15, 0.2) is 5.69 Å². The smallest absolute Gasteiger partial charge is 0.423 e. The molecule has 4 heteroatoms. The Hall–Kier alpha value is -1.31. The van der Waals surface area contributed by atoms with Crippen LogP contribution < -0.4 is 5.46 Å². The van der Waals surface area contributed by atoms with E-state index in [0.29, 0.717) is 12.3 Å². The van der Waals surface area contributed by atoms with Gasteiger partial charge in [0.1, 0.15) is 0 Å². The van der Waals surface area contributed by atoms with Crippen molar-refractivity contribution in [3.63, 3.8) is 0 Å². The molecule has 0 saturated heterocycles. The minimum absolute atomic E-state index is 0.403. The molecule has 0 unspecified atom stereocenters. The van der Waals surface area contributed by atoms with Gasteiger partial charge in [-0.1, -0.05) is 18.2 Å². The molecular weight excluding hydrogens is 153 g/mol. The highest BCUT2D eigenvalue weighted by Crippen LogP contribution is 2.17. The maximum absolute atomic E-state index is 9.25. The standard InChI is InChI=1S/C8H6BNO2/c1-10-7-2-3-8-6(4-7)5-12-9(8)11/h2-4,11H,5H2. The van der Waals surface area contributed by atoms with Crippen molar-refractivity contribution in [2.75, 3.05) is 0 Å². The third-order valence-corrected chi connectivity index (χ3v) is 1.92. The van der Waals surface area contributed by atoms with Crippen LogP contribution in [0.5, 0.6) is 0 Å². The molecule has 0 amide bonds. The van der Waals surface area contributed by atoms with Crippen LogP contribution in [0.1, 0.15) is 5.56 Å². The van der Waals surface area contributed by atoms with Gasteiger partial charge >= 0.3 is 7.12 Å². The van der Waals surface area contributed by atoms with Gasteiger partial charge in [0.2, 0.25) is 0 Å². The summed E-state index contributed by atoms with van der Waals surface area (Å²) in [5.41, 5.74) is 2.28. The van der Waals surface area contributed by atoms with Crippen molar-refractivity contribution >= 4 is 18.3 Å². The summed E-state index contributed by atoms with van der Waals surface area (Å²) in [4.78, 5) is 3.29. The third-order valence-electron chi connectivity index (χ3n) is 1.92. The van der Waals surface area contributed by atoms with E-state index >= 15 is 0 Å². The Morgan fingerprint density at radius 3 is 3.17 bits per heavy atom. The van der Waals surface area contributed by atoms with Gasteiger partial charge < -0.3 is 9.68 Å². The molecule has 0 spiro atoms. The zero-order chi connectivity index (χ0) is 8.55. The number of fused-ring (bicyclic) bond motifs is 1. The third kappa shape index (κ3) is 1.000. The van der Waals surface area contributed by atoms with E-state index in [-0.39, 0.29) is 0 Å². The molecule has 1 aliphatic heterocycles. The summed E-state index contributed by atoms with van der Waals surface area (Å²) >= 11 is 0. The van der Waals surface area contributed by atoms with Crippen LogP contribution in [0.2, 0.25) is 0 Å². The summed E-state index contributed by atoms with van der Waals surface area (Å²) < 4.78 is 4.98. The van der Waals surface area contributed by atoms with E-state index in [9.17, 15) is 5.02 Å². The highest BCUT2D eigenvalue weighted by atomic mass is 16.5. The van der Waals surface area contributed by atoms with Crippen LogP contribution in [-0.2, 0) is 11.3 Å². The molecule has 3 nitrogen and oxygen atoms in total. The number of hydrogen-bond donors (Lipinski definition) is 1. The van der Waals surface area contributed by atoms with Crippen LogP contribution in [0.15, 0.2) is 18.2 Å². The number of hydrogen-bond acceptors (Lipinski definition) is 2. The lowest BCUT2D eigenvalue weighted by Crippen LogP contribution is -2.27. The average Bonchev–Trinajstić information content (AvgIpc) is 2.47. The van der Waals surface area contributed by atoms with Gasteiger partial charge in [0.25, 0.3) is 0 Å². The fraction of sp³-hybridized carbons (Fsp3) is 0.125. The predicted octanol–water partition coefficient (Wildman–Crippen LogP) is 0.455. The Balaban J connectivity index is 2.50. The molecule has 12 heavy (non-hydrogen) atoms. The summed E-state index contributed by atoms with van der Waals surface area (Å²) in [6.45, 7) is 7.18. The van der Waals surface area contributed by atoms with Gasteiger partial charge in [-0.05, 0) is 11.0 Å². The lowest BCUT2D eigenvalue weighted by molar-refractivity contribution is 0.275. The van der Waals surface area contributed by atoms with Crippen LogP contribution in [-0.4, -0.2) is 12.1 Å². The van der Waals surface area contributed by atoms with E-state index in [1.807, 2.05) is 0 Å². The summed E-state index contributed by atoms with van der Waals surface area (Å²) in [5.74, 6) is 0. The largest absolute Gasteiger partial charge is 0.491 e. The minimum atomic E-state index is -0.806. The monoisotopic (exact) mass is 159 g/mol. The van der Waals surface area contributed by atoms with Crippen LogP contribution in [0.4, 0.5) is 5.69 Å². The van der Waals surface area contributed by atoms with Crippen molar-refractivity contribution < 1.29 is 9.68 Å². The Morgan fingerprint density at radius 2 is 2.42 bits per heavy atom. The normalized spacial score (nSPS) is 14.2. The fourth-order valence-corrected chi connectivity index (χ4v) is 1.29. The summed E-state index contributed by atoms with van der Waals surface area (Å²) in [7, 11) is -0.806. The van der Waals surface area contributed by atoms with Gasteiger partial charge in [-0.15, -0.1) is 0 Å². The van der Waals surface area contributed by atoms with E-state index in [0.717, 1.165) is 11.0 Å². The van der Waals surface area contributed by atoms with Crippen molar-refractivity contribution in [3.05, 3.63) is 35.2 Å². The highest BCUT2D eigenvalue weighted by molar-refractivity contribution is 6.61. The lowest BCUT2D eigenvalue weighted by atomic mass is 9.79. The first-order valence-corrected chi connectivity index (χ1v) is 3.61. The Bertz CT molecular complexity index is 359. The average molecular weight is 159 g/mol. The lowest BCUT2D eigenvalue weighted by Gasteiger charge is -1.96. The number of rotatable bonds is 0. The molecular formula is C8H6BNO2. The van der Waals surface area contributed by atoms with Crippen LogP contribution in [0.25, 0.3) is 4.85 Å². The molecule has 58 valence electrons. The van der Waals surface area contributed by atoms with Crippen molar-refractivity contribution in [1.29, 1.82) is 0 Å². The maximum atomic E-state index is 9.25. The Labute approximate surface area is 70.6 Å². The SMILES string of the molecule is [C-]#[N+]c1ccc2c(c1)COB2O. The molecule has 1 aromatic rings. The first-order chi connectivity index (χ1) is 5.81. The summed E-state index contributed by atoms with van der Waals surface area (Å²) in [6, 6.07) is 5.17. The Morgan fingerprint density at radius 1 is 1.58 bits per heavy atom. The van der Waals surface area contributed by atoms with Gasteiger partial charge in [-0.3, -0.25) is 0 Å². The quantitative estimate of drug-likeness (QED) is 0.440. The fourth-order valence-electron chi connectivity index (χ4n) is 1.29. The highest BCUT2D eigenvalue weighted by Gasteiger charge is 2.26. The molecule has 0 fully saturated rings.